The van der Waals surface area contributed by atoms with Crippen molar-refractivity contribution in [1.29, 1.82) is 0 Å². The first-order chi connectivity index (χ1) is 7.58. The van der Waals surface area contributed by atoms with E-state index < -0.39 is 0 Å². The molecule has 0 radical (unpaired) electrons. The van der Waals surface area contributed by atoms with Crippen LogP contribution in [0.5, 0.6) is 5.75 Å². The van der Waals surface area contributed by atoms with Gasteiger partial charge in [-0.15, -0.1) is 0 Å². The number of hydrogen-bond donors (Lipinski definition) is 4. The van der Waals surface area contributed by atoms with Gasteiger partial charge in [0.1, 0.15) is 5.75 Å². The number of phenolic OH excluding ortho intramolecular Hbond substituents is 1. The van der Waals surface area contributed by atoms with Crippen LogP contribution < -0.4 is 17.2 Å². The third-order valence-corrected chi connectivity index (χ3v) is 2.45. The standard InChI is InChI=1S/C12H13N3O/c13-9-3-1-7(5-11(9)15)8-2-4-10(14)12(16)6-8/h1-6,16H,13-15H2. The molecule has 2 aromatic rings. The normalized spacial score (nSPS) is 10.2. The van der Waals surface area contributed by atoms with Crippen LogP contribution in [0.25, 0.3) is 11.1 Å². The molecule has 0 unspecified atom stereocenters. The van der Waals surface area contributed by atoms with Gasteiger partial charge in [-0.2, -0.15) is 0 Å². The molecule has 0 bridgehead atoms. The van der Waals surface area contributed by atoms with E-state index >= 15 is 0 Å². The predicted octanol–water partition coefficient (Wildman–Crippen LogP) is 1.81. The lowest BCUT2D eigenvalue weighted by atomic mass is 10.0. The highest BCUT2D eigenvalue weighted by Gasteiger charge is 2.03. The lowest BCUT2D eigenvalue weighted by Gasteiger charge is -2.06. The van der Waals surface area contributed by atoms with Crippen LogP contribution in [0.2, 0.25) is 0 Å². The number of anilines is 3. The van der Waals surface area contributed by atoms with Crippen molar-refractivity contribution in [2.75, 3.05) is 17.2 Å². The van der Waals surface area contributed by atoms with Gasteiger partial charge in [0.2, 0.25) is 0 Å². The SMILES string of the molecule is Nc1ccc(-c2ccc(N)c(O)c2)cc1N. The first-order valence-corrected chi connectivity index (χ1v) is 4.82. The topological polar surface area (TPSA) is 98.3 Å². The molecule has 0 saturated carbocycles. The Morgan fingerprint density at radius 3 is 1.81 bits per heavy atom. The molecule has 0 fully saturated rings. The maximum absolute atomic E-state index is 9.50. The van der Waals surface area contributed by atoms with Crippen LogP contribution in [0.1, 0.15) is 0 Å². The summed E-state index contributed by atoms with van der Waals surface area (Å²) >= 11 is 0. The van der Waals surface area contributed by atoms with Crippen molar-refractivity contribution in [3.8, 4) is 16.9 Å². The van der Waals surface area contributed by atoms with Gasteiger partial charge in [-0.05, 0) is 35.4 Å². The molecular weight excluding hydrogens is 202 g/mol. The summed E-state index contributed by atoms with van der Waals surface area (Å²) < 4.78 is 0. The molecule has 0 saturated heterocycles. The molecule has 0 spiro atoms. The summed E-state index contributed by atoms with van der Waals surface area (Å²) in [5.41, 5.74) is 20.0. The molecule has 2 rings (SSSR count). The van der Waals surface area contributed by atoms with E-state index in [0.717, 1.165) is 11.1 Å². The fourth-order valence-corrected chi connectivity index (χ4v) is 1.48. The smallest absolute Gasteiger partial charge is 0.139 e. The molecule has 82 valence electrons. The fourth-order valence-electron chi connectivity index (χ4n) is 1.48. The summed E-state index contributed by atoms with van der Waals surface area (Å²) in [6.45, 7) is 0. The summed E-state index contributed by atoms with van der Waals surface area (Å²) in [6.07, 6.45) is 0. The van der Waals surface area contributed by atoms with Gasteiger partial charge in [-0.3, -0.25) is 0 Å². The first kappa shape index (κ1) is 10.2. The molecule has 0 heterocycles. The van der Waals surface area contributed by atoms with Crippen LogP contribution in [0.4, 0.5) is 17.1 Å². The van der Waals surface area contributed by atoms with E-state index in [1.807, 2.05) is 12.1 Å². The van der Waals surface area contributed by atoms with E-state index in [0.29, 0.717) is 17.1 Å². The van der Waals surface area contributed by atoms with Gasteiger partial charge in [-0.25, -0.2) is 0 Å². The van der Waals surface area contributed by atoms with E-state index in [1.165, 1.54) is 0 Å². The molecule has 2 aromatic carbocycles. The molecule has 4 nitrogen and oxygen atoms in total. The number of rotatable bonds is 1. The second-order valence-electron chi connectivity index (χ2n) is 3.62. The van der Waals surface area contributed by atoms with Gasteiger partial charge in [0.05, 0.1) is 17.1 Å². The lowest BCUT2D eigenvalue weighted by Crippen LogP contribution is -1.94. The first-order valence-electron chi connectivity index (χ1n) is 4.82. The van der Waals surface area contributed by atoms with Crippen molar-refractivity contribution in [3.63, 3.8) is 0 Å². The molecule has 0 aliphatic carbocycles. The highest BCUT2D eigenvalue weighted by atomic mass is 16.3. The average Bonchev–Trinajstić information content (AvgIpc) is 2.26. The average molecular weight is 215 g/mol. The van der Waals surface area contributed by atoms with E-state index in [9.17, 15) is 5.11 Å². The minimum atomic E-state index is 0.0629. The van der Waals surface area contributed by atoms with Crippen molar-refractivity contribution < 1.29 is 5.11 Å². The molecule has 0 amide bonds. The van der Waals surface area contributed by atoms with Gasteiger partial charge in [0.15, 0.2) is 0 Å². The van der Waals surface area contributed by atoms with Gasteiger partial charge < -0.3 is 22.3 Å². The Hall–Kier alpha value is -2.36. The molecule has 0 aliphatic heterocycles. The van der Waals surface area contributed by atoms with Crippen LogP contribution >= 0.6 is 0 Å². The van der Waals surface area contributed by atoms with E-state index in [2.05, 4.69) is 0 Å². The number of benzene rings is 2. The van der Waals surface area contributed by atoms with Crippen molar-refractivity contribution in [2.24, 2.45) is 0 Å². The van der Waals surface area contributed by atoms with Gasteiger partial charge >= 0.3 is 0 Å². The minimum Gasteiger partial charge on any atom is -0.506 e. The molecule has 16 heavy (non-hydrogen) atoms. The number of hydrogen-bond acceptors (Lipinski definition) is 4. The van der Waals surface area contributed by atoms with E-state index in [4.69, 9.17) is 17.2 Å². The zero-order chi connectivity index (χ0) is 11.7. The fraction of sp³-hybridized carbons (Fsp3) is 0. The van der Waals surface area contributed by atoms with Crippen molar-refractivity contribution in [2.45, 2.75) is 0 Å². The van der Waals surface area contributed by atoms with E-state index in [1.54, 1.807) is 24.3 Å². The highest BCUT2D eigenvalue weighted by molar-refractivity contribution is 5.76. The Labute approximate surface area is 93.3 Å². The maximum Gasteiger partial charge on any atom is 0.139 e. The van der Waals surface area contributed by atoms with Gasteiger partial charge in [0.25, 0.3) is 0 Å². The zero-order valence-corrected chi connectivity index (χ0v) is 8.64. The van der Waals surface area contributed by atoms with Gasteiger partial charge in [0, 0.05) is 0 Å². The van der Waals surface area contributed by atoms with Crippen molar-refractivity contribution in [3.05, 3.63) is 36.4 Å². The second kappa shape index (κ2) is 3.66. The Morgan fingerprint density at radius 2 is 1.25 bits per heavy atom. The lowest BCUT2D eigenvalue weighted by molar-refractivity contribution is 0.478. The summed E-state index contributed by atoms with van der Waals surface area (Å²) in [7, 11) is 0. The number of nitrogens with two attached hydrogens (primary N) is 3. The van der Waals surface area contributed by atoms with Crippen LogP contribution in [0.3, 0.4) is 0 Å². The second-order valence-corrected chi connectivity index (χ2v) is 3.62. The maximum atomic E-state index is 9.50. The van der Waals surface area contributed by atoms with Crippen LogP contribution in [0, 0.1) is 0 Å². The minimum absolute atomic E-state index is 0.0629. The molecule has 4 heteroatoms. The molecule has 7 N–H and O–H groups in total. The number of aromatic hydroxyl groups is 1. The molecule has 0 aliphatic rings. The van der Waals surface area contributed by atoms with Crippen molar-refractivity contribution in [1.82, 2.24) is 0 Å². The predicted molar refractivity (Wildman–Crippen MR) is 66.8 cm³/mol. The molecule has 0 atom stereocenters. The largest absolute Gasteiger partial charge is 0.506 e. The van der Waals surface area contributed by atoms with Crippen LogP contribution in [-0.4, -0.2) is 5.11 Å². The third-order valence-electron chi connectivity index (χ3n) is 2.45. The Morgan fingerprint density at radius 1 is 0.688 bits per heavy atom. The summed E-state index contributed by atoms with van der Waals surface area (Å²) in [4.78, 5) is 0. The quantitative estimate of drug-likeness (QED) is 0.430. The van der Waals surface area contributed by atoms with Crippen molar-refractivity contribution >= 4 is 17.1 Å². The molecule has 0 aromatic heterocycles. The van der Waals surface area contributed by atoms with Crippen LogP contribution in [-0.2, 0) is 0 Å². The Kier molecular flexibility index (Phi) is 2.32. The number of nitrogen functional groups attached to an aromatic ring is 3. The van der Waals surface area contributed by atoms with Crippen LogP contribution in [0.15, 0.2) is 36.4 Å². The molecular formula is C12H13N3O. The Bertz CT molecular complexity index is 488. The summed E-state index contributed by atoms with van der Waals surface area (Å²) in [5, 5.41) is 9.50. The number of phenols is 1. The third kappa shape index (κ3) is 1.72. The van der Waals surface area contributed by atoms with Gasteiger partial charge in [-0.1, -0.05) is 12.1 Å². The highest BCUT2D eigenvalue weighted by Crippen LogP contribution is 2.30. The summed E-state index contributed by atoms with van der Waals surface area (Å²) in [6, 6.07) is 10.4. The van der Waals surface area contributed by atoms with E-state index in [-0.39, 0.29) is 5.75 Å². The zero-order valence-electron chi connectivity index (χ0n) is 8.64. The summed E-state index contributed by atoms with van der Waals surface area (Å²) in [5.74, 6) is 0.0629. The Balaban J connectivity index is 2.50. The monoisotopic (exact) mass is 215 g/mol.